The Kier molecular flexibility index (Phi) is 3.75. The Morgan fingerprint density at radius 2 is 2.27 bits per heavy atom. The van der Waals surface area contributed by atoms with E-state index in [0.29, 0.717) is 19.8 Å². The van der Waals surface area contributed by atoms with Gasteiger partial charge in [0.2, 0.25) is 0 Å². The summed E-state index contributed by atoms with van der Waals surface area (Å²) in [5.74, 6) is 0. The van der Waals surface area contributed by atoms with E-state index in [1.807, 2.05) is 0 Å². The molecule has 0 atom stereocenters. The zero-order valence-electron chi connectivity index (χ0n) is 8.74. The number of ether oxygens (including phenoxy) is 1. The molecular formula is C11H17NO2S. The minimum atomic E-state index is -0.561. The molecule has 1 aromatic rings. The van der Waals surface area contributed by atoms with Crippen molar-refractivity contribution in [1.82, 2.24) is 5.32 Å². The van der Waals surface area contributed by atoms with Crippen molar-refractivity contribution in [3.8, 4) is 0 Å². The fraction of sp³-hybridized carbons (Fsp3) is 0.636. The highest BCUT2D eigenvalue weighted by molar-refractivity contribution is 7.07. The molecule has 84 valence electrons. The smallest absolute Gasteiger partial charge is 0.0815 e. The third-order valence-electron chi connectivity index (χ3n) is 2.79. The van der Waals surface area contributed by atoms with E-state index in [0.717, 1.165) is 19.4 Å². The summed E-state index contributed by atoms with van der Waals surface area (Å²) in [7, 11) is 0. The second-order valence-corrected chi connectivity index (χ2v) is 4.85. The predicted octanol–water partition coefficient (Wildman–Crippen LogP) is 1.38. The quantitative estimate of drug-likeness (QED) is 0.816. The normalized spacial score (nSPS) is 20.3. The summed E-state index contributed by atoms with van der Waals surface area (Å²) in [6.07, 6.45) is 1.48. The molecule has 1 aliphatic rings. The maximum Gasteiger partial charge on any atom is 0.0815 e. The van der Waals surface area contributed by atoms with Gasteiger partial charge in [-0.25, -0.2) is 0 Å². The van der Waals surface area contributed by atoms with Crippen molar-refractivity contribution < 1.29 is 9.84 Å². The highest BCUT2D eigenvalue weighted by atomic mass is 32.1. The van der Waals surface area contributed by atoms with Gasteiger partial charge in [-0.1, -0.05) is 0 Å². The maximum atomic E-state index is 10.2. The van der Waals surface area contributed by atoms with Crippen molar-refractivity contribution in [2.75, 3.05) is 19.8 Å². The van der Waals surface area contributed by atoms with E-state index >= 15 is 0 Å². The van der Waals surface area contributed by atoms with Gasteiger partial charge in [-0.05, 0) is 22.4 Å². The van der Waals surface area contributed by atoms with Crippen molar-refractivity contribution >= 4 is 11.3 Å². The van der Waals surface area contributed by atoms with Crippen molar-refractivity contribution in [1.29, 1.82) is 0 Å². The zero-order chi connectivity index (χ0) is 10.6. The average Bonchev–Trinajstić information content (AvgIpc) is 2.71. The van der Waals surface area contributed by atoms with Gasteiger partial charge in [0.25, 0.3) is 0 Å². The minimum absolute atomic E-state index is 0.561. The molecule has 2 N–H and O–H groups in total. The van der Waals surface area contributed by atoms with Crippen molar-refractivity contribution in [2.24, 2.45) is 0 Å². The van der Waals surface area contributed by atoms with Crippen LogP contribution in [0.1, 0.15) is 18.4 Å². The Hall–Kier alpha value is -0.420. The number of hydrogen-bond acceptors (Lipinski definition) is 4. The Bertz CT molecular complexity index is 281. The van der Waals surface area contributed by atoms with Crippen LogP contribution in [0.2, 0.25) is 0 Å². The summed E-state index contributed by atoms with van der Waals surface area (Å²) in [5, 5.41) is 17.7. The average molecular weight is 227 g/mol. The van der Waals surface area contributed by atoms with Gasteiger partial charge in [0, 0.05) is 39.1 Å². The first kappa shape index (κ1) is 11.1. The largest absolute Gasteiger partial charge is 0.388 e. The first-order valence-electron chi connectivity index (χ1n) is 5.30. The first-order valence-corrected chi connectivity index (χ1v) is 6.25. The van der Waals surface area contributed by atoms with Gasteiger partial charge in [0.15, 0.2) is 0 Å². The fourth-order valence-electron chi connectivity index (χ4n) is 1.76. The predicted molar refractivity (Wildman–Crippen MR) is 61.0 cm³/mol. The molecule has 1 saturated heterocycles. The molecule has 3 nitrogen and oxygen atoms in total. The summed E-state index contributed by atoms with van der Waals surface area (Å²) in [6.45, 7) is 2.85. The van der Waals surface area contributed by atoms with Crippen LogP contribution in [0.25, 0.3) is 0 Å². The third kappa shape index (κ3) is 3.28. The molecule has 4 heteroatoms. The summed E-state index contributed by atoms with van der Waals surface area (Å²) in [4.78, 5) is 0. The van der Waals surface area contributed by atoms with Gasteiger partial charge >= 0.3 is 0 Å². The van der Waals surface area contributed by atoms with Gasteiger partial charge in [-0.15, -0.1) is 0 Å². The van der Waals surface area contributed by atoms with Gasteiger partial charge in [0.05, 0.1) is 5.60 Å². The van der Waals surface area contributed by atoms with Crippen LogP contribution in [0.5, 0.6) is 0 Å². The number of aliphatic hydroxyl groups is 1. The third-order valence-corrected chi connectivity index (χ3v) is 3.52. The lowest BCUT2D eigenvalue weighted by Gasteiger charge is -2.32. The molecule has 0 spiro atoms. The van der Waals surface area contributed by atoms with E-state index in [1.165, 1.54) is 5.56 Å². The molecule has 2 rings (SSSR count). The molecule has 1 fully saturated rings. The van der Waals surface area contributed by atoms with Crippen molar-refractivity contribution in [3.05, 3.63) is 22.4 Å². The van der Waals surface area contributed by atoms with Gasteiger partial charge in [-0.3, -0.25) is 0 Å². The molecule has 1 aliphatic heterocycles. The molecule has 0 aliphatic carbocycles. The summed E-state index contributed by atoms with van der Waals surface area (Å²) < 4.78 is 5.23. The van der Waals surface area contributed by atoms with Crippen LogP contribution < -0.4 is 5.32 Å². The van der Waals surface area contributed by atoms with E-state index in [9.17, 15) is 5.11 Å². The lowest BCUT2D eigenvalue weighted by molar-refractivity contribution is -0.0616. The number of thiophene rings is 1. The number of nitrogens with one attached hydrogen (secondary N) is 1. The molecule has 2 heterocycles. The lowest BCUT2D eigenvalue weighted by Crippen LogP contribution is -2.44. The van der Waals surface area contributed by atoms with E-state index in [4.69, 9.17) is 4.74 Å². The van der Waals surface area contributed by atoms with Crippen LogP contribution in [-0.2, 0) is 11.3 Å². The molecule has 0 unspecified atom stereocenters. The van der Waals surface area contributed by atoms with Crippen molar-refractivity contribution in [2.45, 2.75) is 25.0 Å². The second-order valence-electron chi connectivity index (χ2n) is 4.07. The maximum absolute atomic E-state index is 10.2. The molecule has 15 heavy (non-hydrogen) atoms. The van der Waals surface area contributed by atoms with E-state index in [1.54, 1.807) is 11.3 Å². The summed E-state index contributed by atoms with van der Waals surface area (Å²) >= 11 is 1.70. The van der Waals surface area contributed by atoms with Crippen LogP contribution >= 0.6 is 11.3 Å². The SMILES string of the molecule is OC1(CNCc2ccsc2)CCOCC1. The van der Waals surface area contributed by atoms with Crippen LogP contribution in [0.15, 0.2) is 16.8 Å². The Labute approximate surface area is 94.1 Å². The molecular weight excluding hydrogens is 210 g/mol. The first-order chi connectivity index (χ1) is 7.29. The van der Waals surface area contributed by atoms with Crippen LogP contribution in [0.4, 0.5) is 0 Å². The standard InChI is InChI=1S/C11H17NO2S/c13-11(2-4-14-5-3-11)9-12-7-10-1-6-15-8-10/h1,6,8,12-13H,2-5,7,9H2. The molecule has 1 aromatic heterocycles. The molecule has 0 bridgehead atoms. The monoisotopic (exact) mass is 227 g/mol. The molecule has 0 amide bonds. The lowest BCUT2D eigenvalue weighted by atomic mass is 9.94. The molecule has 0 aromatic carbocycles. The summed E-state index contributed by atoms with van der Waals surface area (Å²) in [5.41, 5.74) is 0.726. The second kappa shape index (κ2) is 5.07. The fourth-order valence-corrected chi connectivity index (χ4v) is 2.43. The minimum Gasteiger partial charge on any atom is -0.388 e. The van der Waals surface area contributed by atoms with Crippen LogP contribution in [-0.4, -0.2) is 30.5 Å². The number of rotatable bonds is 4. The Morgan fingerprint density at radius 1 is 1.47 bits per heavy atom. The van der Waals surface area contributed by atoms with Crippen LogP contribution in [0.3, 0.4) is 0 Å². The van der Waals surface area contributed by atoms with E-state index in [-0.39, 0.29) is 0 Å². The van der Waals surface area contributed by atoms with Gasteiger partial charge in [0.1, 0.15) is 0 Å². The highest BCUT2D eigenvalue weighted by Crippen LogP contribution is 2.19. The Balaban J connectivity index is 1.72. The van der Waals surface area contributed by atoms with Gasteiger partial charge in [-0.2, -0.15) is 11.3 Å². The van der Waals surface area contributed by atoms with Crippen LogP contribution in [0, 0.1) is 0 Å². The molecule has 0 radical (unpaired) electrons. The van der Waals surface area contributed by atoms with E-state index in [2.05, 4.69) is 22.1 Å². The Morgan fingerprint density at radius 3 is 2.93 bits per heavy atom. The number of hydrogen-bond donors (Lipinski definition) is 2. The van der Waals surface area contributed by atoms with E-state index < -0.39 is 5.60 Å². The van der Waals surface area contributed by atoms with Crippen molar-refractivity contribution in [3.63, 3.8) is 0 Å². The van der Waals surface area contributed by atoms with Gasteiger partial charge < -0.3 is 15.2 Å². The zero-order valence-corrected chi connectivity index (χ0v) is 9.55. The molecule has 0 saturated carbocycles. The highest BCUT2D eigenvalue weighted by Gasteiger charge is 2.28. The summed E-state index contributed by atoms with van der Waals surface area (Å²) in [6, 6.07) is 2.10. The topological polar surface area (TPSA) is 41.5 Å².